The highest BCUT2D eigenvalue weighted by atomic mass is 19.1. The summed E-state index contributed by atoms with van der Waals surface area (Å²) in [5.74, 6) is 1.04. The molecule has 0 aromatic heterocycles. The summed E-state index contributed by atoms with van der Waals surface area (Å²) >= 11 is 0. The fourth-order valence-electron chi connectivity index (χ4n) is 2.88. The normalized spacial score (nSPS) is 13.4. The predicted octanol–water partition coefficient (Wildman–Crippen LogP) is 4.05. The first kappa shape index (κ1) is 18.0. The highest BCUT2D eigenvalue weighted by Crippen LogP contribution is 2.34. The largest absolute Gasteiger partial charge is 0.486 e. The van der Waals surface area contributed by atoms with Gasteiger partial charge in [0.1, 0.15) is 19.0 Å². The van der Waals surface area contributed by atoms with E-state index in [2.05, 4.69) is 0 Å². The standard InChI is InChI=1S/C21H22FNO3/c1-3-23(14-17-5-4-6-19-21(17)26-12-11-25-19)20(24)13-15(2)16-7-9-18(22)10-8-16/h4-10,13H,3,11-12,14H2,1-2H3/b15-13+. The van der Waals surface area contributed by atoms with Gasteiger partial charge in [-0.2, -0.15) is 0 Å². The zero-order valence-electron chi connectivity index (χ0n) is 15.0. The van der Waals surface area contributed by atoms with Crippen molar-refractivity contribution in [1.29, 1.82) is 0 Å². The molecule has 0 saturated carbocycles. The van der Waals surface area contributed by atoms with Crippen molar-refractivity contribution in [3.05, 3.63) is 65.5 Å². The van der Waals surface area contributed by atoms with Crippen LogP contribution in [0.1, 0.15) is 25.0 Å². The van der Waals surface area contributed by atoms with E-state index in [0.29, 0.717) is 32.1 Å². The maximum atomic E-state index is 13.1. The molecule has 0 fully saturated rings. The molecule has 2 aromatic carbocycles. The number of halogens is 1. The van der Waals surface area contributed by atoms with Gasteiger partial charge in [-0.25, -0.2) is 4.39 Å². The summed E-state index contributed by atoms with van der Waals surface area (Å²) in [4.78, 5) is 14.4. The van der Waals surface area contributed by atoms with Gasteiger partial charge in [0.15, 0.2) is 11.5 Å². The van der Waals surface area contributed by atoms with Crippen molar-refractivity contribution in [1.82, 2.24) is 4.90 Å². The van der Waals surface area contributed by atoms with Crippen molar-refractivity contribution >= 4 is 11.5 Å². The van der Waals surface area contributed by atoms with Gasteiger partial charge in [0, 0.05) is 24.7 Å². The fourth-order valence-corrected chi connectivity index (χ4v) is 2.88. The zero-order chi connectivity index (χ0) is 18.5. The molecular weight excluding hydrogens is 333 g/mol. The van der Waals surface area contributed by atoms with Crippen molar-refractivity contribution in [2.75, 3.05) is 19.8 Å². The molecule has 3 rings (SSSR count). The third-order valence-electron chi connectivity index (χ3n) is 4.34. The van der Waals surface area contributed by atoms with Crippen LogP contribution in [0.3, 0.4) is 0 Å². The molecule has 1 heterocycles. The Balaban J connectivity index is 1.77. The van der Waals surface area contributed by atoms with Gasteiger partial charge >= 0.3 is 0 Å². The second-order valence-corrected chi connectivity index (χ2v) is 6.13. The fraction of sp³-hybridized carbons (Fsp3) is 0.286. The lowest BCUT2D eigenvalue weighted by molar-refractivity contribution is -0.126. The maximum Gasteiger partial charge on any atom is 0.247 e. The minimum absolute atomic E-state index is 0.0938. The van der Waals surface area contributed by atoms with Crippen LogP contribution in [0, 0.1) is 5.82 Å². The van der Waals surface area contributed by atoms with E-state index in [1.54, 1.807) is 23.1 Å². The number of para-hydroxylation sites is 1. The van der Waals surface area contributed by atoms with E-state index in [4.69, 9.17) is 9.47 Å². The van der Waals surface area contributed by atoms with E-state index < -0.39 is 0 Å². The number of likely N-dealkylation sites (N-methyl/N-ethyl adjacent to an activating group) is 1. The summed E-state index contributed by atoms with van der Waals surface area (Å²) in [7, 11) is 0. The number of amides is 1. The second kappa shape index (κ2) is 8.04. The average molecular weight is 355 g/mol. The number of allylic oxidation sites excluding steroid dienone is 1. The Morgan fingerprint density at radius 3 is 2.62 bits per heavy atom. The van der Waals surface area contributed by atoms with Gasteiger partial charge in [0.2, 0.25) is 5.91 Å². The summed E-state index contributed by atoms with van der Waals surface area (Å²) in [6.07, 6.45) is 1.59. The van der Waals surface area contributed by atoms with E-state index in [1.807, 2.05) is 32.0 Å². The van der Waals surface area contributed by atoms with Gasteiger partial charge in [-0.05, 0) is 43.2 Å². The first-order valence-electron chi connectivity index (χ1n) is 8.69. The van der Waals surface area contributed by atoms with Crippen molar-refractivity contribution in [2.24, 2.45) is 0 Å². The van der Waals surface area contributed by atoms with Crippen LogP contribution in [0.15, 0.2) is 48.5 Å². The highest BCUT2D eigenvalue weighted by Gasteiger charge is 2.19. The first-order chi connectivity index (χ1) is 12.6. The SMILES string of the molecule is CCN(Cc1cccc2c1OCCO2)C(=O)/C=C(\C)c1ccc(F)cc1. The topological polar surface area (TPSA) is 38.8 Å². The molecule has 0 radical (unpaired) electrons. The van der Waals surface area contributed by atoms with Gasteiger partial charge in [-0.15, -0.1) is 0 Å². The number of hydrogen-bond donors (Lipinski definition) is 0. The lowest BCUT2D eigenvalue weighted by atomic mass is 10.1. The van der Waals surface area contributed by atoms with E-state index >= 15 is 0 Å². The molecule has 0 spiro atoms. The molecule has 0 N–H and O–H groups in total. The number of nitrogens with zero attached hydrogens (tertiary/aromatic N) is 1. The van der Waals surface area contributed by atoms with Gasteiger partial charge in [-0.1, -0.05) is 24.3 Å². The molecule has 26 heavy (non-hydrogen) atoms. The summed E-state index contributed by atoms with van der Waals surface area (Å²) in [6.45, 7) is 5.83. The van der Waals surface area contributed by atoms with E-state index in [9.17, 15) is 9.18 Å². The minimum atomic E-state index is -0.292. The Bertz CT molecular complexity index is 815. The van der Waals surface area contributed by atoms with Gasteiger partial charge in [-0.3, -0.25) is 4.79 Å². The minimum Gasteiger partial charge on any atom is -0.486 e. The summed E-state index contributed by atoms with van der Waals surface area (Å²) < 4.78 is 24.4. The number of ether oxygens (including phenoxy) is 2. The van der Waals surface area contributed by atoms with Crippen molar-refractivity contribution in [2.45, 2.75) is 20.4 Å². The molecule has 5 heteroatoms. The zero-order valence-corrected chi connectivity index (χ0v) is 15.0. The van der Waals surface area contributed by atoms with Crippen LogP contribution in [0.2, 0.25) is 0 Å². The maximum absolute atomic E-state index is 13.1. The summed E-state index contributed by atoms with van der Waals surface area (Å²) in [5.41, 5.74) is 2.54. The Morgan fingerprint density at radius 2 is 1.88 bits per heavy atom. The van der Waals surface area contributed by atoms with E-state index in [1.165, 1.54) is 12.1 Å². The van der Waals surface area contributed by atoms with E-state index in [0.717, 1.165) is 22.4 Å². The Kier molecular flexibility index (Phi) is 5.56. The van der Waals surface area contributed by atoms with Gasteiger partial charge in [0.05, 0.1) is 0 Å². The third kappa shape index (κ3) is 4.04. The monoisotopic (exact) mass is 355 g/mol. The van der Waals surface area contributed by atoms with Crippen LogP contribution >= 0.6 is 0 Å². The Morgan fingerprint density at radius 1 is 1.15 bits per heavy atom. The number of carbonyl (C=O) groups is 1. The van der Waals surface area contributed by atoms with Crippen LogP contribution in [0.25, 0.3) is 5.57 Å². The van der Waals surface area contributed by atoms with Gasteiger partial charge < -0.3 is 14.4 Å². The van der Waals surface area contributed by atoms with Crippen LogP contribution in [-0.4, -0.2) is 30.6 Å². The molecular formula is C21H22FNO3. The number of hydrogen-bond acceptors (Lipinski definition) is 3. The van der Waals surface area contributed by atoms with Crippen molar-refractivity contribution in [3.63, 3.8) is 0 Å². The van der Waals surface area contributed by atoms with Crippen LogP contribution < -0.4 is 9.47 Å². The van der Waals surface area contributed by atoms with Crippen molar-refractivity contribution < 1.29 is 18.7 Å². The van der Waals surface area contributed by atoms with E-state index in [-0.39, 0.29) is 11.7 Å². The van der Waals surface area contributed by atoms with Gasteiger partial charge in [0.25, 0.3) is 0 Å². The Hall–Kier alpha value is -2.82. The lowest BCUT2D eigenvalue weighted by Gasteiger charge is -2.25. The Labute approximate surface area is 152 Å². The molecule has 4 nitrogen and oxygen atoms in total. The van der Waals surface area contributed by atoms with Crippen LogP contribution in [-0.2, 0) is 11.3 Å². The smallest absolute Gasteiger partial charge is 0.247 e. The molecule has 2 aromatic rings. The lowest BCUT2D eigenvalue weighted by Crippen LogP contribution is -2.29. The number of fused-ring (bicyclic) bond motifs is 1. The number of benzene rings is 2. The molecule has 1 aliphatic heterocycles. The van der Waals surface area contributed by atoms with Crippen molar-refractivity contribution in [3.8, 4) is 11.5 Å². The molecule has 136 valence electrons. The van der Waals surface area contributed by atoms with Crippen LogP contribution in [0.4, 0.5) is 4.39 Å². The average Bonchev–Trinajstić information content (AvgIpc) is 2.66. The first-order valence-corrected chi connectivity index (χ1v) is 8.69. The second-order valence-electron chi connectivity index (χ2n) is 6.13. The number of carbonyl (C=O) groups excluding carboxylic acids is 1. The molecule has 1 amide bonds. The molecule has 0 aliphatic carbocycles. The molecule has 0 unspecified atom stereocenters. The predicted molar refractivity (Wildman–Crippen MR) is 98.6 cm³/mol. The molecule has 0 atom stereocenters. The molecule has 0 bridgehead atoms. The summed E-state index contributed by atoms with van der Waals surface area (Å²) in [5, 5.41) is 0. The third-order valence-corrected chi connectivity index (χ3v) is 4.34. The molecule has 0 saturated heterocycles. The van der Waals surface area contributed by atoms with Crippen LogP contribution in [0.5, 0.6) is 11.5 Å². The highest BCUT2D eigenvalue weighted by molar-refractivity contribution is 5.94. The quantitative estimate of drug-likeness (QED) is 0.760. The number of rotatable bonds is 5. The summed E-state index contributed by atoms with van der Waals surface area (Å²) in [6, 6.07) is 11.8. The molecule has 1 aliphatic rings.